The van der Waals surface area contributed by atoms with Gasteiger partial charge in [-0.05, 0) is 144 Å². The van der Waals surface area contributed by atoms with E-state index in [-0.39, 0.29) is 149 Å². The number of carbonyl (C=O) groups excluding carboxylic acids is 1. The Morgan fingerprint density at radius 2 is 0.639 bits per heavy atom. The van der Waals surface area contributed by atoms with Crippen molar-refractivity contribution >= 4 is 133 Å². The molecule has 34 heteroatoms. The molecule has 0 atom stereocenters. The van der Waals surface area contributed by atoms with Crippen LogP contribution in [0.15, 0.2) is 193 Å². The number of phenolic OH excluding ortho intramolecular Hbond substituents is 3. The Kier molecular flexibility index (Phi) is 21.5. The molecular weight excluding hydrogens is 1240 g/mol. The van der Waals surface area contributed by atoms with Crippen molar-refractivity contribution in [3.05, 3.63) is 164 Å². The van der Waals surface area contributed by atoms with Crippen LogP contribution in [0.5, 0.6) is 17.2 Å². The molecule has 0 spiro atoms. The van der Waals surface area contributed by atoms with Crippen LogP contribution in [0.2, 0.25) is 0 Å². The molecule has 0 heterocycles. The molecule has 0 unspecified atom stereocenters. The van der Waals surface area contributed by atoms with Crippen LogP contribution in [0.3, 0.4) is 0 Å². The molecule has 0 aliphatic heterocycles. The normalized spacial score (nSPS) is 11.8. The van der Waals surface area contributed by atoms with E-state index >= 15 is 0 Å². The fraction of sp³-hybridized carbons (Fsp3) is 0. The molecule has 0 aliphatic carbocycles. The predicted octanol–water partition coefficient (Wildman–Crippen LogP) is -2.70. The van der Waals surface area contributed by atoms with Crippen molar-refractivity contribution in [1.82, 2.24) is 0 Å². The Hall–Kier alpha value is -5.79. The van der Waals surface area contributed by atoms with Crippen LogP contribution in [-0.2, 0) is 60.4 Å². The number of carbonyl (C=O) groups is 1. The third-order valence-corrected chi connectivity index (χ3v) is 17.9. The summed E-state index contributed by atoms with van der Waals surface area (Å²) in [6.07, 6.45) is 0. The molecule has 0 saturated carbocycles. The Labute approximate surface area is 540 Å². The van der Waals surface area contributed by atoms with E-state index < -0.39 is 102 Å². The summed E-state index contributed by atoms with van der Waals surface area (Å²) >= 11 is 0. The smallest absolute Gasteiger partial charge is 0.744 e. The van der Waals surface area contributed by atoms with Crippen molar-refractivity contribution in [3.63, 3.8) is 0 Å². The van der Waals surface area contributed by atoms with Gasteiger partial charge in [0, 0.05) is 51.4 Å². The Bertz CT molecular complexity index is 4560. The zero-order valence-corrected chi connectivity index (χ0v) is 53.9. The number of sulfonamides is 3. The second-order valence-corrected chi connectivity index (χ2v) is 26.2. The molecule has 0 fully saturated rings. The topological polar surface area (TPSA) is 438 Å². The molecule has 416 valence electrons. The van der Waals surface area contributed by atoms with E-state index in [0.29, 0.717) is 16.5 Å². The molecule has 0 aliphatic rings. The molecule has 0 aromatic heterocycles. The van der Waals surface area contributed by atoms with E-state index in [1.165, 1.54) is 97.1 Å². The molecule has 2 amide bonds. The Balaban J connectivity index is 0.000000366. The second kappa shape index (κ2) is 26.2. The summed E-state index contributed by atoms with van der Waals surface area (Å²) in [4.78, 5) is 10.00. The molecule has 9 rings (SSSR count). The van der Waals surface area contributed by atoms with Gasteiger partial charge in [-0.1, -0.05) is 18.2 Å². The van der Waals surface area contributed by atoms with Crippen molar-refractivity contribution in [1.29, 1.82) is 0 Å². The third kappa shape index (κ3) is 16.8. The standard InChI is InChI=1S/C33H26N4O13S4.C16H14N2O6S2.3Na/c38-31-17-27(51(41,42)36-23-3-1-5-25(15-23)53(45,46)47)13-19-11-21(7-9-29(19)31)34-33(40)35-22-8-10-30-20(12-22)14-28(18-32(30)39)52(43,44)37-24-4-2-6-26(16-24)54(48,49)50;17-11-4-5-15-10(6-11)7-14(9-16(15)19)25(20,21)18-12-2-1-3-13(8-12)26(22,23)24;;;/h1-18,36-39H,(H2,34,35,40)(H,45,46,47)(H,48,49,50);1-9,18-19H,17H2,(H,22,23,24);;;/q;;3*+1/p-3. The van der Waals surface area contributed by atoms with Gasteiger partial charge >= 0.3 is 94.7 Å². The molecule has 10 N–H and O–H groups in total. The van der Waals surface area contributed by atoms with Gasteiger partial charge in [-0.25, -0.2) is 55.3 Å². The molecule has 83 heavy (non-hydrogen) atoms. The summed E-state index contributed by atoms with van der Waals surface area (Å²) in [5.74, 6) is -1.11. The predicted molar refractivity (Wildman–Crippen MR) is 290 cm³/mol. The third-order valence-electron chi connectivity index (χ3n) is 11.3. The van der Waals surface area contributed by atoms with Gasteiger partial charge in [-0.3, -0.25) is 14.2 Å². The van der Waals surface area contributed by atoms with E-state index in [0.717, 1.165) is 54.6 Å². The van der Waals surface area contributed by atoms with Crippen LogP contribution in [0.25, 0.3) is 32.3 Å². The molecule has 9 aromatic carbocycles. The molecule has 0 radical (unpaired) electrons. The van der Waals surface area contributed by atoms with Crippen molar-refractivity contribution in [2.75, 3.05) is 30.5 Å². The van der Waals surface area contributed by atoms with Gasteiger partial charge in [0.2, 0.25) is 0 Å². The maximum Gasteiger partial charge on any atom is 1.00 e. The van der Waals surface area contributed by atoms with E-state index in [1.54, 1.807) is 12.1 Å². The van der Waals surface area contributed by atoms with E-state index in [4.69, 9.17) is 5.73 Å². The number of hydrogen-bond acceptors (Lipinski definition) is 20. The fourth-order valence-electron chi connectivity index (χ4n) is 7.69. The van der Waals surface area contributed by atoms with Gasteiger partial charge in [0.25, 0.3) is 30.1 Å². The van der Waals surface area contributed by atoms with Crippen molar-refractivity contribution in [2.24, 2.45) is 0 Å². The van der Waals surface area contributed by atoms with Crippen molar-refractivity contribution in [3.8, 4) is 17.2 Å². The first-order valence-corrected chi connectivity index (χ1v) is 30.8. The number of anilines is 6. The number of phenols is 3. The summed E-state index contributed by atoms with van der Waals surface area (Å²) < 4.78 is 185. The Morgan fingerprint density at radius 1 is 0.349 bits per heavy atom. The number of benzene rings is 9. The largest absolute Gasteiger partial charge is 1.00 e. The van der Waals surface area contributed by atoms with Gasteiger partial charge in [0.1, 0.15) is 47.6 Å². The average Bonchev–Trinajstić information content (AvgIpc) is 3.57. The summed E-state index contributed by atoms with van der Waals surface area (Å²) in [6.45, 7) is 0. The molecular formula is C49H37N6Na3O19S6. The van der Waals surface area contributed by atoms with Gasteiger partial charge in [-0.2, -0.15) is 0 Å². The molecule has 9 aromatic rings. The van der Waals surface area contributed by atoms with Crippen LogP contribution in [0.1, 0.15) is 0 Å². The average molecular weight is 1280 g/mol. The first-order chi connectivity index (χ1) is 37.2. The van der Waals surface area contributed by atoms with Crippen LogP contribution >= 0.6 is 0 Å². The number of nitrogen functional groups attached to an aromatic ring is 1. The number of hydrogen-bond donors (Lipinski definition) is 9. The fourth-order valence-corrected chi connectivity index (χ4v) is 12.6. The molecule has 0 bridgehead atoms. The van der Waals surface area contributed by atoms with E-state index in [2.05, 4.69) is 24.8 Å². The van der Waals surface area contributed by atoms with Gasteiger partial charge in [-0.15, -0.1) is 0 Å². The maximum absolute atomic E-state index is 13.1. The van der Waals surface area contributed by atoms with Crippen molar-refractivity contribution in [2.45, 2.75) is 29.4 Å². The van der Waals surface area contributed by atoms with E-state index in [1.807, 2.05) is 0 Å². The summed E-state index contributed by atoms with van der Waals surface area (Å²) in [5.41, 5.74) is 5.84. The monoisotopic (exact) mass is 1270 g/mol. The number of amides is 2. The number of nitrogens with two attached hydrogens (primary N) is 1. The summed E-state index contributed by atoms with van der Waals surface area (Å²) in [5, 5.41) is 38.0. The maximum atomic E-state index is 13.1. The molecule has 0 saturated heterocycles. The summed E-state index contributed by atoms with van der Waals surface area (Å²) in [6, 6.07) is 31.9. The van der Waals surface area contributed by atoms with Crippen LogP contribution in [0.4, 0.5) is 38.9 Å². The quantitative estimate of drug-likeness (QED) is 0.0304. The Morgan fingerprint density at radius 3 is 0.940 bits per heavy atom. The summed E-state index contributed by atoms with van der Waals surface area (Å²) in [7, 11) is -27.5. The number of aromatic hydroxyl groups is 3. The number of rotatable bonds is 14. The van der Waals surface area contributed by atoms with Crippen LogP contribution < -0.4 is 119 Å². The zero-order valence-electron chi connectivity index (χ0n) is 43.0. The van der Waals surface area contributed by atoms with Gasteiger partial charge < -0.3 is 45.3 Å². The first-order valence-electron chi connectivity index (χ1n) is 22.1. The van der Waals surface area contributed by atoms with Crippen LogP contribution in [-0.4, -0.2) is 85.5 Å². The van der Waals surface area contributed by atoms with Gasteiger partial charge in [0.05, 0.1) is 46.4 Å². The van der Waals surface area contributed by atoms with E-state index in [9.17, 15) is 84.3 Å². The minimum atomic E-state index is -4.87. The zero-order chi connectivity index (χ0) is 58.3. The SMILES string of the molecule is Nc1ccc2c(O)cc(S(=O)(=O)Nc3cccc(S(=O)(=O)[O-])c3)cc2c1.O=C(Nc1ccc2c(O)cc(S(=O)(=O)Nc3cccc(S(=O)(=O)[O-])c3)cc2c1)Nc1ccc2c(O)cc(S(=O)(=O)Nc3cccc(S(=O)(=O)[O-])c3)cc2c1.[Na+].[Na+].[Na+]. The molecule has 25 nitrogen and oxygen atoms in total. The second-order valence-electron chi connectivity index (χ2n) is 17.0. The number of fused-ring (bicyclic) bond motifs is 3. The minimum Gasteiger partial charge on any atom is -0.744 e. The van der Waals surface area contributed by atoms with Gasteiger partial charge in [0.15, 0.2) is 0 Å². The minimum absolute atomic E-state index is 0. The number of nitrogens with one attached hydrogen (secondary N) is 5. The van der Waals surface area contributed by atoms with Crippen LogP contribution in [0, 0.1) is 0 Å². The number of urea groups is 1. The van der Waals surface area contributed by atoms with Crippen molar-refractivity contribution < 1.29 is 173 Å². The first kappa shape index (κ1) is 68.0.